The van der Waals surface area contributed by atoms with Crippen molar-refractivity contribution in [1.82, 2.24) is 0 Å². The highest BCUT2D eigenvalue weighted by Crippen LogP contribution is 2.32. The van der Waals surface area contributed by atoms with Crippen LogP contribution < -0.4 is 4.18 Å². The number of hydrogen-bond donors (Lipinski definition) is 0. The Labute approximate surface area is 135 Å². The van der Waals surface area contributed by atoms with Crippen LogP contribution in [0.25, 0.3) is 0 Å². The fraction of sp³-hybridized carbons (Fsp3) is 0.250. The van der Waals surface area contributed by atoms with E-state index in [9.17, 15) is 18.5 Å². The molecule has 0 aliphatic heterocycles. The Balaban J connectivity index is 2.54. The Kier molecular flexibility index (Phi) is 4.42. The lowest BCUT2D eigenvalue weighted by atomic mass is 10.1. The molecule has 0 unspecified atom stereocenters. The second-order valence-corrected chi connectivity index (χ2v) is 6.98. The van der Waals surface area contributed by atoms with Gasteiger partial charge in [0.2, 0.25) is 5.75 Å². The topological polar surface area (TPSA) is 86.5 Å². The predicted molar refractivity (Wildman–Crippen MR) is 86.3 cm³/mol. The van der Waals surface area contributed by atoms with Gasteiger partial charge in [-0.15, -0.1) is 0 Å². The molecule has 0 atom stereocenters. The van der Waals surface area contributed by atoms with Gasteiger partial charge in [-0.25, -0.2) is 0 Å². The molecule has 0 aromatic heterocycles. The molecule has 0 heterocycles. The largest absolute Gasteiger partial charge is 0.372 e. The molecule has 0 N–H and O–H groups in total. The number of benzene rings is 2. The average molecular weight is 335 g/mol. The van der Waals surface area contributed by atoms with Crippen LogP contribution in [0.1, 0.15) is 22.3 Å². The third kappa shape index (κ3) is 3.50. The normalized spacial score (nSPS) is 11.3. The molecular formula is C16H17NO5S. The Morgan fingerprint density at radius 2 is 1.52 bits per heavy atom. The molecule has 122 valence electrons. The number of hydrogen-bond acceptors (Lipinski definition) is 5. The molecule has 0 fully saturated rings. The third-order valence-electron chi connectivity index (χ3n) is 3.37. The zero-order valence-corrected chi connectivity index (χ0v) is 14.1. The number of nitro benzene ring substituents is 1. The SMILES string of the molecule is Cc1cc(C)c(S(=O)(=O)Oc2ccc(C)cc2[N+](=O)[O-])c(C)c1. The summed E-state index contributed by atoms with van der Waals surface area (Å²) in [5.41, 5.74) is 2.27. The van der Waals surface area contributed by atoms with Gasteiger partial charge in [-0.1, -0.05) is 23.8 Å². The predicted octanol–water partition coefficient (Wildman–Crippen LogP) is 3.60. The van der Waals surface area contributed by atoms with Gasteiger partial charge in [0.15, 0.2) is 0 Å². The lowest BCUT2D eigenvalue weighted by Crippen LogP contribution is -2.14. The van der Waals surface area contributed by atoms with Crippen LogP contribution in [0.2, 0.25) is 0 Å². The van der Waals surface area contributed by atoms with Crippen molar-refractivity contribution < 1.29 is 17.5 Å². The third-order valence-corrected chi connectivity index (χ3v) is 4.91. The average Bonchev–Trinajstić information content (AvgIpc) is 2.38. The first-order valence-electron chi connectivity index (χ1n) is 6.89. The second-order valence-electron chi connectivity index (χ2n) is 5.49. The minimum Gasteiger partial charge on any atom is -0.372 e. The minimum absolute atomic E-state index is 0.0398. The molecule has 0 aliphatic rings. The quantitative estimate of drug-likeness (QED) is 0.484. The van der Waals surface area contributed by atoms with Crippen molar-refractivity contribution in [3.63, 3.8) is 0 Å². The Bertz CT molecular complexity index is 864. The molecule has 23 heavy (non-hydrogen) atoms. The molecule has 0 radical (unpaired) electrons. The highest BCUT2D eigenvalue weighted by Gasteiger charge is 2.26. The summed E-state index contributed by atoms with van der Waals surface area (Å²) in [5.74, 6) is -0.292. The van der Waals surface area contributed by atoms with Gasteiger partial charge in [-0.3, -0.25) is 10.1 Å². The van der Waals surface area contributed by atoms with Crippen LogP contribution in [0.4, 0.5) is 5.69 Å². The molecule has 2 rings (SSSR count). The highest BCUT2D eigenvalue weighted by molar-refractivity contribution is 7.87. The maximum Gasteiger partial charge on any atom is 0.339 e. The summed E-state index contributed by atoms with van der Waals surface area (Å²) in [5, 5.41) is 11.1. The van der Waals surface area contributed by atoms with Crippen LogP contribution in [0, 0.1) is 37.8 Å². The number of nitrogens with zero attached hydrogens (tertiary/aromatic N) is 1. The van der Waals surface area contributed by atoms with E-state index < -0.39 is 15.0 Å². The molecule has 2 aromatic carbocycles. The van der Waals surface area contributed by atoms with E-state index in [4.69, 9.17) is 4.18 Å². The first-order valence-corrected chi connectivity index (χ1v) is 8.30. The lowest BCUT2D eigenvalue weighted by Gasteiger charge is -2.13. The first kappa shape index (κ1) is 17.0. The zero-order chi connectivity index (χ0) is 17.4. The monoisotopic (exact) mass is 335 g/mol. The molecule has 6 nitrogen and oxygen atoms in total. The van der Waals surface area contributed by atoms with Crippen LogP contribution in [0.5, 0.6) is 5.75 Å². The molecule has 0 saturated heterocycles. The summed E-state index contributed by atoms with van der Waals surface area (Å²) in [7, 11) is -4.16. The minimum atomic E-state index is -4.16. The van der Waals surface area contributed by atoms with E-state index >= 15 is 0 Å². The van der Waals surface area contributed by atoms with Crippen molar-refractivity contribution >= 4 is 15.8 Å². The van der Waals surface area contributed by atoms with Gasteiger partial charge in [-0.05, 0) is 50.5 Å². The van der Waals surface area contributed by atoms with Crippen molar-refractivity contribution in [1.29, 1.82) is 0 Å². The van der Waals surface area contributed by atoms with Gasteiger partial charge in [0.25, 0.3) is 0 Å². The van der Waals surface area contributed by atoms with Crippen molar-refractivity contribution in [3.05, 3.63) is 62.7 Å². The molecule has 2 aromatic rings. The van der Waals surface area contributed by atoms with Crippen molar-refractivity contribution in [2.75, 3.05) is 0 Å². The Morgan fingerprint density at radius 1 is 0.957 bits per heavy atom. The molecule has 0 amide bonds. The molecule has 7 heteroatoms. The van der Waals surface area contributed by atoms with Crippen LogP contribution in [-0.4, -0.2) is 13.3 Å². The highest BCUT2D eigenvalue weighted by atomic mass is 32.2. The van der Waals surface area contributed by atoms with Crippen LogP contribution in [0.3, 0.4) is 0 Å². The Hall–Kier alpha value is -2.41. The van der Waals surface area contributed by atoms with Gasteiger partial charge in [0.05, 0.1) is 4.92 Å². The van der Waals surface area contributed by atoms with Crippen LogP contribution in [-0.2, 0) is 10.1 Å². The fourth-order valence-electron chi connectivity index (χ4n) is 2.56. The summed E-state index contributed by atoms with van der Waals surface area (Å²) < 4.78 is 30.2. The molecule has 0 aliphatic carbocycles. The van der Waals surface area contributed by atoms with Gasteiger partial charge in [0, 0.05) is 6.07 Å². The standard InChI is InChI=1S/C16H17NO5S/c1-10-5-6-15(14(9-10)17(18)19)22-23(20,21)16-12(3)7-11(2)8-13(16)4/h5-9H,1-4H3. The summed E-state index contributed by atoms with van der Waals surface area (Å²) in [6, 6.07) is 7.59. The van der Waals surface area contributed by atoms with Crippen molar-refractivity contribution in [2.24, 2.45) is 0 Å². The second kappa shape index (κ2) is 6.00. The van der Waals surface area contributed by atoms with Crippen molar-refractivity contribution in [2.45, 2.75) is 32.6 Å². The van der Waals surface area contributed by atoms with Gasteiger partial charge < -0.3 is 4.18 Å². The molecule has 0 saturated carbocycles. The summed E-state index contributed by atoms with van der Waals surface area (Å²) >= 11 is 0. The maximum atomic E-state index is 12.6. The van der Waals surface area contributed by atoms with E-state index in [1.165, 1.54) is 12.1 Å². The first-order chi connectivity index (χ1) is 10.6. The van der Waals surface area contributed by atoms with Gasteiger partial charge in [0.1, 0.15) is 4.90 Å². The van der Waals surface area contributed by atoms with E-state index in [-0.39, 0.29) is 16.3 Å². The smallest absolute Gasteiger partial charge is 0.339 e. The maximum absolute atomic E-state index is 12.6. The number of aryl methyl sites for hydroxylation is 4. The summed E-state index contributed by atoms with van der Waals surface area (Å²) in [4.78, 5) is 10.5. The molecule has 0 bridgehead atoms. The van der Waals surface area contributed by atoms with Crippen molar-refractivity contribution in [3.8, 4) is 5.75 Å². The number of rotatable bonds is 4. The Morgan fingerprint density at radius 3 is 2.04 bits per heavy atom. The van der Waals surface area contributed by atoms with E-state index in [2.05, 4.69) is 0 Å². The van der Waals surface area contributed by atoms with Crippen LogP contribution in [0.15, 0.2) is 35.2 Å². The molecule has 0 spiro atoms. The van der Waals surface area contributed by atoms with Gasteiger partial charge >= 0.3 is 15.8 Å². The van der Waals surface area contributed by atoms with E-state index in [0.717, 1.165) is 5.56 Å². The summed E-state index contributed by atoms with van der Waals surface area (Å²) in [6.45, 7) is 6.88. The lowest BCUT2D eigenvalue weighted by molar-refractivity contribution is -0.385. The molecular weight excluding hydrogens is 318 g/mol. The number of nitro groups is 1. The fourth-order valence-corrected chi connectivity index (χ4v) is 3.93. The zero-order valence-electron chi connectivity index (χ0n) is 13.3. The van der Waals surface area contributed by atoms with Crippen LogP contribution >= 0.6 is 0 Å². The van der Waals surface area contributed by atoms with Gasteiger partial charge in [-0.2, -0.15) is 8.42 Å². The van der Waals surface area contributed by atoms with E-state index in [1.54, 1.807) is 39.0 Å². The summed E-state index contributed by atoms with van der Waals surface area (Å²) in [6.07, 6.45) is 0. The van der Waals surface area contributed by atoms with E-state index in [0.29, 0.717) is 16.7 Å². The van der Waals surface area contributed by atoms with E-state index in [1.807, 2.05) is 6.92 Å².